The molecule has 2 fully saturated rings. The average molecular weight is 401 g/mol. The van der Waals surface area contributed by atoms with Gasteiger partial charge in [-0.3, -0.25) is 9.59 Å². The van der Waals surface area contributed by atoms with Gasteiger partial charge in [0, 0.05) is 0 Å². The van der Waals surface area contributed by atoms with Crippen LogP contribution in [0.3, 0.4) is 0 Å². The Morgan fingerprint density at radius 1 is 0.793 bits per heavy atom. The second-order valence-electron chi connectivity index (χ2n) is 9.67. The fourth-order valence-corrected chi connectivity index (χ4v) is 4.78. The monoisotopic (exact) mass is 400 g/mol. The van der Waals surface area contributed by atoms with Gasteiger partial charge in [-0.05, 0) is 113 Å². The molecule has 0 unspecified atom stereocenters. The van der Waals surface area contributed by atoms with Crippen molar-refractivity contribution in [2.24, 2.45) is 10.8 Å². The minimum Gasteiger partial charge on any atom is -0.481 e. The van der Waals surface area contributed by atoms with Gasteiger partial charge < -0.3 is 10.2 Å². The molecule has 2 aliphatic carbocycles. The van der Waals surface area contributed by atoms with Crippen LogP contribution in [0.4, 0.5) is 0 Å². The molecule has 4 nitrogen and oxygen atoms in total. The van der Waals surface area contributed by atoms with E-state index in [-0.39, 0.29) is 0 Å². The molecule has 2 aliphatic rings. The van der Waals surface area contributed by atoms with Crippen molar-refractivity contribution >= 4 is 11.9 Å². The van der Waals surface area contributed by atoms with Crippen LogP contribution in [0.2, 0.25) is 0 Å². The fourth-order valence-electron chi connectivity index (χ4n) is 4.78. The molecule has 0 amide bonds. The summed E-state index contributed by atoms with van der Waals surface area (Å²) in [6.45, 7) is 6.57. The Morgan fingerprint density at radius 3 is 1.72 bits per heavy atom. The molecule has 0 saturated heterocycles. The molecule has 2 N–H and O–H groups in total. The zero-order valence-electron chi connectivity index (χ0n) is 18.3. The van der Waals surface area contributed by atoms with E-state index in [2.05, 4.69) is 26.8 Å². The van der Waals surface area contributed by atoms with Crippen LogP contribution in [0.15, 0.2) is 6.07 Å². The van der Waals surface area contributed by atoms with Gasteiger partial charge in [0.25, 0.3) is 0 Å². The van der Waals surface area contributed by atoms with Crippen molar-refractivity contribution in [3.05, 3.63) is 33.9 Å². The number of unbranched alkanes of at least 4 members (excludes halogenated alkanes) is 2. The van der Waals surface area contributed by atoms with Crippen molar-refractivity contribution < 1.29 is 19.8 Å². The molecule has 2 saturated carbocycles. The maximum atomic E-state index is 11.4. The summed E-state index contributed by atoms with van der Waals surface area (Å²) in [6, 6.07) is 2.32. The van der Waals surface area contributed by atoms with E-state index in [9.17, 15) is 19.8 Å². The predicted octanol–water partition coefficient (Wildman–Crippen LogP) is 5.77. The van der Waals surface area contributed by atoms with E-state index in [0.29, 0.717) is 0 Å². The summed E-state index contributed by atoms with van der Waals surface area (Å²) in [7, 11) is 0. The van der Waals surface area contributed by atoms with E-state index in [1.165, 1.54) is 27.8 Å². The number of rotatable bonds is 12. The number of carboxylic acid groups (broad SMARTS) is 2. The van der Waals surface area contributed by atoms with Gasteiger partial charge in [0.05, 0.1) is 10.8 Å². The summed E-state index contributed by atoms with van der Waals surface area (Å²) in [5, 5.41) is 18.7. The lowest BCUT2D eigenvalue weighted by Crippen LogP contribution is -2.14. The molecule has 0 atom stereocenters. The molecule has 0 spiro atoms. The van der Waals surface area contributed by atoms with Crippen LogP contribution in [-0.4, -0.2) is 22.2 Å². The molecule has 3 rings (SSSR count). The standard InChI is InChI=1S/C25H36O4/c1-17-16-20(8-4-6-10-24(12-13-24)22(26)27)21(19(3)18(17)2)9-5-7-11-25(14-15-25)23(28)29/h16H,4-15H2,1-3H3,(H,26,27)(H,28,29). The highest BCUT2D eigenvalue weighted by molar-refractivity contribution is 5.78. The first kappa shape index (κ1) is 21.9. The zero-order chi connectivity index (χ0) is 21.2. The van der Waals surface area contributed by atoms with Gasteiger partial charge in [-0.1, -0.05) is 18.9 Å². The lowest BCUT2D eigenvalue weighted by atomic mass is 9.87. The van der Waals surface area contributed by atoms with Crippen LogP contribution >= 0.6 is 0 Å². The van der Waals surface area contributed by atoms with Gasteiger partial charge in [0.15, 0.2) is 0 Å². The van der Waals surface area contributed by atoms with E-state index in [1.807, 2.05) is 0 Å². The number of carbonyl (C=O) groups is 2. The molecule has 0 aromatic heterocycles. The lowest BCUT2D eigenvalue weighted by molar-refractivity contribution is -0.144. The molecular weight excluding hydrogens is 364 g/mol. The van der Waals surface area contributed by atoms with Crippen LogP contribution < -0.4 is 0 Å². The van der Waals surface area contributed by atoms with Crippen molar-refractivity contribution in [2.75, 3.05) is 0 Å². The van der Waals surface area contributed by atoms with Gasteiger partial charge in [-0.2, -0.15) is 0 Å². The Hall–Kier alpha value is -1.84. The summed E-state index contributed by atoms with van der Waals surface area (Å²) in [4.78, 5) is 22.7. The van der Waals surface area contributed by atoms with Crippen molar-refractivity contribution in [2.45, 2.75) is 97.8 Å². The summed E-state index contributed by atoms with van der Waals surface area (Å²) in [5.41, 5.74) is 6.08. The second-order valence-corrected chi connectivity index (χ2v) is 9.67. The number of carboxylic acids is 2. The number of hydrogen-bond donors (Lipinski definition) is 2. The van der Waals surface area contributed by atoms with Crippen LogP contribution in [-0.2, 0) is 22.4 Å². The first-order valence-electron chi connectivity index (χ1n) is 11.3. The molecular formula is C25H36O4. The van der Waals surface area contributed by atoms with Gasteiger partial charge in [0.1, 0.15) is 0 Å². The van der Waals surface area contributed by atoms with E-state index < -0.39 is 22.8 Å². The average Bonchev–Trinajstić information content (AvgIpc) is 3.57. The third kappa shape index (κ3) is 4.84. The van der Waals surface area contributed by atoms with Gasteiger partial charge in [0.2, 0.25) is 0 Å². The van der Waals surface area contributed by atoms with Gasteiger partial charge in [-0.15, -0.1) is 0 Å². The Bertz CT molecular complexity index is 785. The quantitative estimate of drug-likeness (QED) is 0.437. The van der Waals surface area contributed by atoms with E-state index >= 15 is 0 Å². The SMILES string of the molecule is Cc1cc(CCCCC2(C(=O)O)CC2)c(CCCCC2(C(=O)O)CC2)c(C)c1C. The zero-order valence-corrected chi connectivity index (χ0v) is 18.3. The minimum absolute atomic E-state index is 0.412. The highest BCUT2D eigenvalue weighted by atomic mass is 16.4. The largest absolute Gasteiger partial charge is 0.481 e. The van der Waals surface area contributed by atoms with E-state index in [4.69, 9.17) is 0 Å². The van der Waals surface area contributed by atoms with Crippen LogP contribution in [0, 0.1) is 31.6 Å². The Kier molecular flexibility index (Phi) is 6.40. The summed E-state index contributed by atoms with van der Waals surface area (Å²) in [6.07, 6.45) is 11.0. The summed E-state index contributed by atoms with van der Waals surface area (Å²) < 4.78 is 0. The Balaban J connectivity index is 1.56. The van der Waals surface area contributed by atoms with E-state index in [1.54, 1.807) is 0 Å². The number of aryl methyl sites for hydroxylation is 2. The van der Waals surface area contributed by atoms with Crippen molar-refractivity contribution in [1.29, 1.82) is 0 Å². The van der Waals surface area contributed by atoms with E-state index in [0.717, 1.165) is 77.0 Å². The number of aliphatic carboxylic acids is 2. The number of hydrogen-bond acceptors (Lipinski definition) is 2. The van der Waals surface area contributed by atoms with Crippen LogP contribution in [0.5, 0.6) is 0 Å². The van der Waals surface area contributed by atoms with Crippen molar-refractivity contribution in [1.82, 2.24) is 0 Å². The third-order valence-corrected chi connectivity index (χ3v) is 7.68. The third-order valence-electron chi connectivity index (χ3n) is 7.68. The normalized spacial score (nSPS) is 18.4. The van der Waals surface area contributed by atoms with Crippen LogP contribution in [0.1, 0.15) is 92.0 Å². The predicted molar refractivity (Wildman–Crippen MR) is 114 cm³/mol. The molecule has 0 radical (unpaired) electrons. The molecule has 29 heavy (non-hydrogen) atoms. The Morgan fingerprint density at radius 2 is 1.28 bits per heavy atom. The van der Waals surface area contributed by atoms with Gasteiger partial charge >= 0.3 is 11.9 Å². The van der Waals surface area contributed by atoms with Crippen LogP contribution in [0.25, 0.3) is 0 Å². The second kappa shape index (κ2) is 8.49. The molecule has 4 heteroatoms. The van der Waals surface area contributed by atoms with Crippen molar-refractivity contribution in [3.63, 3.8) is 0 Å². The Labute approximate surface area is 174 Å². The summed E-state index contributed by atoms with van der Waals surface area (Å²) in [5.74, 6) is -1.23. The maximum absolute atomic E-state index is 11.4. The smallest absolute Gasteiger partial charge is 0.309 e. The minimum atomic E-state index is -0.616. The molecule has 0 bridgehead atoms. The highest BCUT2D eigenvalue weighted by Gasteiger charge is 2.49. The number of benzene rings is 1. The molecule has 0 aliphatic heterocycles. The molecule has 0 heterocycles. The highest BCUT2D eigenvalue weighted by Crippen LogP contribution is 2.51. The topological polar surface area (TPSA) is 74.6 Å². The summed E-state index contributed by atoms with van der Waals surface area (Å²) >= 11 is 0. The molecule has 1 aromatic rings. The van der Waals surface area contributed by atoms with Crippen molar-refractivity contribution in [3.8, 4) is 0 Å². The molecule has 1 aromatic carbocycles. The van der Waals surface area contributed by atoms with Gasteiger partial charge in [-0.25, -0.2) is 0 Å². The first-order chi connectivity index (χ1) is 13.7. The lowest BCUT2D eigenvalue weighted by Gasteiger charge is -2.18. The first-order valence-corrected chi connectivity index (χ1v) is 11.3. The molecule has 160 valence electrons. The maximum Gasteiger partial charge on any atom is 0.309 e. The fraction of sp³-hybridized carbons (Fsp3) is 0.680.